The molecule has 2 aromatic carbocycles. The first-order chi connectivity index (χ1) is 15.0. The van der Waals surface area contributed by atoms with Crippen LogP contribution in [-0.2, 0) is 16.1 Å². The van der Waals surface area contributed by atoms with Crippen LogP contribution in [0.2, 0.25) is 10.0 Å². The summed E-state index contributed by atoms with van der Waals surface area (Å²) in [5, 5.41) is 4.28. The lowest BCUT2D eigenvalue weighted by Gasteiger charge is -2.31. The molecule has 0 bridgehead atoms. The van der Waals surface area contributed by atoms with Crippen LogP contribution < -0.4 is 10.1 Å². The number of carbonyl (C=O) groups excluding carboxylic acids is 2. The van der Waals surface area contributed by atoms with E-state index in [-0.39, 0.29) is 24.5 Å². The van der Waals surface area contributed by atoms with Gasteiger partial charge in [0.15, 0.2) is 6.61 Å². The molecule has 31 heavy (non-hydrogen) atoms. The van der Waals surface area contributed by atoms with E-state index in [1.165, 1.54) is 0 Å². The van der Waals surface area contributed by atoms with Gasteiger partial charge in [-0.1, -0.05) is 61.2 Å². The van der Waals surface area contributed by atoms with Gasteiger partial charge in [0.1, 0.15) is 11.8 Å². The monoisotopic (exact) mass is 462 g/mol. The Morgan fingerprint density at radius 3 is 2.45 bits per heavy atom. The van der Waals surface area contributed by atoms with E-state index in [4.69, 9.17) is 27.9 Å². The summed E-state index contributed by atoms with van der Waals surface area (Å²) in [7, 11) is 0. The maximum absolute atomic E-state index is 13.2. The molecule has 0 unspecified atom stereocenters. The lowest BCUT2D eigenvalue weighted by Crippen LogP contribution is -2.52. The van der Waals surface area contributed by atoms with Gasteiger partial charge in [-0.3, -0.25) is 9.59 Å². The summed E-state index contributed by atoms with van der Waals surface area (Å²) in [6.45, 7) is 2.03. The van der Waals surface area contributed by atoms with E-state index in [9.17, 15) is 9.59 Å². The number of nitrogens with zero attached hydrogens (tertiary/aromatic N) is 1. The molecular weight excluding hydrogens is 435 g/mol. The fourth-order valence-corrected chi connectivity index (χ4v) is 4.16. The molecule has 5 nitrogen and oxygen atoms in total. The number of carbonyl (C=O) groups is 2. The van der Waals surface area contributed by atoms with E-state index in [0.29, 0.717) is 28.8 Å². The Morgan fingerprint density at radius 2 is 1.81 bits per heavy atom. The number of halogens is 2. The highest BCUT2D eigenvalue weighted by Crippen LogP contribution is 2.21. The van der Waals surface area contributed by atoms with Gasteiger partial charge >= 0.3 is 0 Å². The second-order valence-electron chi connectivity index (χ2n) is 7.81. The van der Waals surface area contributed by atoms with Gasteiger partial charge in [-0.05, 0) is 55.2 Å². The van der Waals surface area contributed by atoms with Crippen molar-refractivity contribution in [3.05, 3.63) is 64.1 Å². The van der Waals surface area contributed by atoms with E-state index < -0.39 is 6.04 Å². The zero-order valence-corrected chi connectivity index (χ0v) is 19.2. The molecule has 0 aliphatic heterocycles. The second kappa shape index (κ2) is 11.4. The van der Waals surface area contributed by atoms with Crippen LogP contribution in [0.4, 0.5) is 0 Å². The molecule has 0 saturated heterocycles. The molecule has 1 aliphatic carbocycles. The second-order valence-corrected chi connectivity index (χ2v) is 8.68. The third kappa shape index (κ3) is 6.88. The molecule has 2 aromatic rings. The van der Waals surface area contributed by atoms with Crippen molar-refractivity contribution in [3.63, 3.8) is 0 Å². The molecule has 1 atom stereocenters. The fourth-order valence-electron chi connectivity index (χ4n) is 3.86. The van der Waals surface area contributed by atoms with Crippen molar-refractivity contribution >= 4 is 35.0 Å². The molecule has 2 amide bonds. The first-order valence-corrected chi connectivity index (χ1v) is 11.4. The lowest BCUT2D eigenvalue weighted by atomic mass is 10.1. The molecule has 0 radical (unpaired) electrons. The zero-order chi connectivity index (χ0) is 22.2. The van der Waals surface area contributed by atoms with Gasteiger partial charge in [0.05, 0.1) is 0 Å². The molecule has 0 heterocycles. The Hall–Kier alpha value is -2.24. The number of hydrogen-bond donors (Lipinski definition) is 1. The topological polar surface area (TPSA) is 58.6 Å². The van der Waals surface area contributed by atoms with Crippen LogP contribution >= 0.6 is 23.2 Å². The predicted octanol–water partition coefficient (Wildman–Crippen LogP) is 5.24. The van der Waals surface area contributed by atoms with E-state index in [1.807, 2.05) is 19.1 Å². The third-order valence-corrected chi connectivity index (χ3v) is 6.00. The highest BCUT2D eigenvalue weighted by Gasteiger charge is 2.30. The summed E-state index contributed by atoms with van der Waals surface area (Å²) in [6.07, 6.45) is 4.75. The summed E-state index contributed by atoms with van der Waals surface area (Å²) in [5.74, 6) is 0.138. The Balaban J connectivity index is 1.75. The molecule has 166 valence electrons. The van der Waals surface area contributed by atoms with E-state index in [2.05, 4.69) is 5.32 Å². The zero-order valence-electron chi connectivity index (χ0n) is 17.7. The molecule has 0 spiro atoms. The Labute approximate surface area is 193 Å². The van der Waals surface area contributed by atoms with Crippen molar-refractivity contribution < 1.29 is 14.3 Å². The minimum absolute atomic E-state index is 0.112. The summed E-state index contributed by atoms with van der Waals surface area (Å²) in [6, 6.07) is 13.8. The van der Waals surface area contributed by atoms with Gasteiger partial charge in [-0.15, -0.1) is 0 Å². The SMILES string of the molecule is CC[C@H](C(=O)NC1CCCC1)N(Cc1ccc(Cl)cc1)C(=O)COc1cccc(Cl)c1. The summed E-state index contributed by atoms with van der Waals surface area (Å²) in [5.41, 5.74) is 0.896. The predicted molar refractivity (Wildman–Crippen MR) is 123 cm³/mol. The molecule has 7 heteroatoms. The van der Waals surface area contributed by atoms with Crippen molar-refractivity contribution in [3.8, 4) is 5.75 Å². The minimum Gasteiger partial charge on any atom is -0.484 e. The van der Waals surface area contributed by atoms with Crippen LogP contribution in [0.3, 0.4) is 0 Å². The first-order valence-electron chi connectivity index (χ1n) is 10.7. The minimum atomic E-state index is -0.577. The summed E-state index contributed by atoms with van der Waals surface area (Å²) in [4.78, 5) is 27.8. The standard InChI is InChI=1S/C24H28Cl2N2O3/c1-2-22(24(30)27-20-7-3-4-8-20)28(15-17-10-12-18(25)13-11-17)23(29)16-31-21-9-5-6-19(26)14-21/h5-6,9-14,20,22H,2-4,7-8,15-16H2,1H3,(H,27,30)/t22-/m1/s1. The van der Waals surface area contributed by atoms with Crippen LogP contribution in [0.5, 0.6) is 5.75 Å². The first kappa shape index (κ1) is 23.4. The van der Waals surface area contributed by atoms with Gasteiger partial charge in [0.25, 0.3) is 5.91 Å². The van der Waals surface area contributed by atoms with Crippen LogP contribution in [0.1, 0.15) is 44.6 Å². The summed E-state index contributed by atoms with van der Waals surface area (Å²) >= 11 is 12.0. The third-order valence-electron chi connectivity index (χ3n) is 5.51. The van der Waals surface area contributed by atoms with Crippen molar-refractivity contribution in [2.75, 3.05) is 6.61 Å². The number of benzene rings is 2. The lowest BCUT2D eigenvalue weighted by molar-refractivity contribution is -0.143. The van der Waals surface area contributed by atoms with Crippen molar-refractivity contribution in [2.45, 2.75) is 57.7 Å². The van der Waals surface area contributed by atoms with Crippen molar-refractivity contribution in [2.24, 2.45) is 0 Å². The van der Waals surface area contributed by atoms with Crippen LogP contribution in [0.25, 0.3) is 0 Å². The van der Waals surface area contributed by atoms with Gasteiger partial charge in [-0.25, -0.2) is 0 Å². The average Bonchev–Trinajstić information content (AvgIpc) is 3.26. The number of rotatable bonds is 9. The van der Waals surface area contributed by atoms with Gasteiger partial charge in [-0.2, -0.15) is 0 Å². The molecule has 0 aromatic heterocycles. The van der Waals surface area contributed by atoms with Crippen LogP contribution in [0, 0.1) is 0 Å². The number of amides is 2. The molecule has 1 fully saturated rings. The average molecular weight is 463 g/mol. The molecular formula is C24H28Cl2N2O3. The van der Waals surface area contributed by atoms with Crippen LogP contribution in [-0.4, -0.2) is 35.4 Å². The van der Waals surface area contributed by atoms with Crippen LogP contribution in [0.15, 0.2) is 48.5 Å². The highest BCUT2D eigenvalue weighted by atomic mass is 35.5. The maximum atomic E-state index is 13.2. The van der Waals surface area contributed by atoms with E-state index >= 15 is 0 Å². The van der Waals surface area contributed by atoms with Gasteiger partial charge in [0, 0.05) is 22.6 Å². The Morgan fingerprint density at radius 1 is 1.10 bits per heavy atom. The maximum Gasteiger partial charge on any atom is 0.261 e. The van der Waals surface area contributed by atoms with Gasteiger partial charge < -0.3 is 15.0 Å². The number of ether oxygens (including phenoxy) is 1. The van der Waals surface area contributed by atoms with E-state index in [0.717, 1.165) is 31.2 Å². The number of hydrogen-bond acceptors (Lipinski definition) is 3. The Kier molecular flexibility index (Phi) is 8.61. The molecule has 3 rings (SSSR count). The quantitative estimate of drug-likeness (QED) is 0.554. The smallest absolute Gasteiger partial charge is 0.261 e. The molecule has 1 N–H and O–H groups in total. The fraction of sp³-hybridized carbons (Fsp3) is 0.417. The highest BCUT2D eigenvalue weighted by molar-refractivity contribution is 6.30. The Bertz CT molecular complexity index is 883. The van der Waals surface area contributed by atoms with Crippen molar-refractivity contribution in [1.29, 1.82) is 0 Å². The normalized spacial score (nSPS) is 14.8. The van der Waals surface area contributed by atoms with Crippen molar-refractivity contribution in [1.82, 2.24) is 10.2 Å². The van der Waals surface area contributed by atoms with E-state index in [1.54, 1.807) is 41.3 Å². The molecule has 1 aliphatic rings. The summed E-state index contributed by atoms with van der Waals surface area (Å²) < 4.78 is 5.67. The van der Waals surface area contributed by atoms with Gasteiger partial charge in [0.2, 0.25) is 5.91 Å². The molecule has 1 saturated carbocycles. The largest absolute Gasteiger partial charge is 0.484 e. The number of nitrogens with one attached hydrogen (secondary N) is 1.